The number of rotatable bonds is 4. The van der Waals surface area contributed by atoms with Crippen molar-refractivity contribution in [3.8, 4) is 0 Å². The van der Waals surface area contributed by atoms with Crippen molar-refractivity contribution in [1.82, 2.24) is 30.3 Å². The van der Waals surface area contributed by atoms with E-state index in [1.54, 1.807) is 6.20 Å². The molecule has 2 aliphatic rings. The normalized spacial score (nSPS) is 20.3. The monoisotopic (exact) mass is 396 g/mol. The lowest BCUT2D eigenvalue weighted by atomic mass is 9.99. The van der Waals surface area contributed by atoms with Gasteiger partial charge in [0.1, 0.15) is 0 Å². The number of carbonyl (C=O) groups is 2. The number of H-pyrrole nitrogens is 1. The third-order valence-corrected chi connectivity index (χ3v) is 5.68. The minimum atomic E-state index is -0.131. The maximum absolute atomic E-state index is 12.8. The number of aromatic amines is 1. The Kier molecular flexibility index (Phi) is 5.36. The first-order valence-corrected chi connectivity index (χ1v) is 10.2. The molecule has 0 aromatic carbocycles. The van der Waals surface area contributed by atoms with Gasteiger partial charge in [0.05, 0.1) is 28.8 Å². The highest BCUT2D eigenvalue weighted by atomic mass is 16.2. The topological polar surface area (TPSA) is 94.2 Å². The van der Waals surface area contributed by atoms with Gasteiger partial charge in [0.2, 0.25) is 5.91 Å². The highest BCUT2D eigenvalue weighted by molar-refractivity contribution is 6.06. The molecule has 1 fully saturated rings. The van der Waals surface area contributed by atoms with Crippen molar-refractivity contribution in [1.29, 1.82) is 0 Å². The summed E-state index contributed by atoms with van der Waals surface area (Å²) in [6.45, 7) is 6.97. The van der Waals surface area contributed by atoms with E-state index in [1.807, 2.05) is 24.8 Å². The van der Waals surface area contributed by atoms with Crippen LogP contribution in [0.15, 0.2) is 18.3 Å². The maximum Gasteiger partial charge on any atom is 0.252 e. The molecule has 0 aliphatic carbocycles. The third-order valence-electron chi connectivity index (χ3n) is 5.68. The van der Waals surface area contributed by atoms with E-state index in [2.05, 4.69) is 38.5 Å². The van der Waals surface area contributed by atoms with E-state index in [4.69, 9.17) is 0 Å². The number of aromatic nitrogens is 3. The second-order valence-electron chi connectivity index (χ2n) is 8.33. The van der Waals surface area contributed by atoms with E-state index < -0.39 is 0 Å². The van der Waals surface area contributed by atoms with Crippen LogP contribution in [0, 0.1) is 5.92 Å². The minimum absolute atomic E-state index is 0.0455. The van der Waals surface area contributed by atoms with Crippen molar-refractivity contribution < 1.29 is 9.59 Å². The SMILES string of the molecule is CC(C)NC(=O)c1cc(C2=CCN(C(=O)C3CCN(C)C3)CC2)nc2[nH]ncc12. The Morgan fingerprint density at radius 1 is 1.31 bits per heavy atom. The zero-order valence-corrected chi connectivity index (χ0v) is 17.2. The van der Waals surface area contributed by atoms with Crippen molar-refractivity contribution in [2.75, 3.05) is 33.2 Å². The van der Waals surface area contributed by atoms with Crippen LogP contribution in [-0.4, -0.2) is 76.1 Å². The van der Waals surface area contributed by atoms with Gasteiger partial charge in [-0.1, -0.05) is 6.08 Å². The molecule has 2 aliphatic heterocycles. The van der Waals surface area contributed by atoms with Gasteiger partial charge < -0.3 is 15.1 Å². The van der Waals surface area contributed by atoms with Crippen LogP contribution in [0.4, 0.5) is 0 Å². The molecular weight excluding hydrogens is 368 g/mol. The molecule has 1 atom stereocenters. The number of fused-ring (bicyclic) bond motifs is 1. The predicted octanol–water partition coefficient (Wildman–Crippen LogP) is 1.66. The number of carbonyl (C=O) groups excluding carboxylic acids is 2. The minimum Gasteiger partial charge on any atom is -0.350 e. The van der Waals surface area contributed by atoms with Crippen molar-refractivity contribution in [2.24, 2.45) is 5.92 Å². The highest BCUT2D eigenvalue weighted by Gasteiger charge is 2.30. The number of hydrogen-bond acceptors (Lipinski definition) is 5. The molecule has 2 amide bonds. The Balaban J connectivity index is 1.55. The number of likely N-dealkylation sites (tertiary alicyclic amines) is 1. The first kappa shape index (κ1) is 19.6. The van der Waals surface area contributed by atoms with E-state index >= 15 is 0 Å². The second-order valence-corrected chi connectivity index (χ2v) is 8.33. The lowest BCUT2D eigenvalue weighted by molar-refractivity contribution is -0.134. The van der Waals surface area contributed by atoms with Gasteiger partial charge in [-0.2, -0.15) is 5.10 Å². The second kappa shape index (κ2) is 7.94. The van der Waals surface area contributed by atoms with Gasteiger partial charge in [0.15, 0.2) is 5.65 Å². The standard InChI is InChI=1S/C21H28N6O2/c1-13(2)23-20(28)16-10-18(24-19-17(16)11-22-25-19)14-5-8-27(9-6-14)21(29)15-4-7-26(3)12-15/h5,10-11,13,15H,4,6-9,12H2,1-3H3,(H,23,28)(H,22,24,25). The van der Waals surface area contributed by atoms with Gasteiger partial charge in [-0.3, -0.25) is 14.7 Å². The Hall–Kier alpha value is -2.74. The summed E-state index contributed by atoms with van der Waals surface area (Å²) in [4.78, 5) is 34.2. The average Bonchev–Trinajstić information content (AvgIpc) is 3.35. The van der Waals surface area contributed by atoms with Crippen LogP contribution in [0.25, 0.3) is 16.6 Å². The molecule has 0 bridgehead atoms. The molecule has 4 rings (SSSR count). The van der Waals surface area contributed by atoms with Crippen LogP contribution in [0.5, 0.6) is 0 Å². The molecule has 0 saturated carbocycles. The molecule has 1 saturated heterocycles. The average molecular weight is 396 g/mol. The van der Waals surface area contributed by atoms with Gasteiger partial charge >= 0.3 is 0 Å². The van der Waals surface area contributed by atoms with Crippen LogP contribution in [0.2, 0.25) is 0 Å². The molecule has 29 heavy (non-hydrogen) atoms. The zero-order valence-electron chi connectivity index (χ0n) is 17.2. The van der Waals surface area contributed by atoms with Gasteiger partial charge in [-0.05, 0) is 51.9 Å². The molecular formula is C21H28N6O2. The van der Waals surface area contributed by atoms with Gasteiger partial charge in [-0.25, -0.2) is 4.98 Å². The number of hydrogen-bond donors (Lipinski definition) is 2. The number of nitrogens with one attached hydrogen (secondary N) is 2. The summed E-state index contributed by atoms with van der Waals surface area (Å²) in [6, 6.07) is 1.88. The fraction of sp³-hybridized carbons (Fsp3) is 0.524. The Labute approximate surface area is 170 Å². The zero-order chi connectivity index (χ0) is 20.5. The van der Waals surface area contributed by atoms with Crippen LogP contribution in [0.1, 0.15) is 42.7 Å². The number of amides is 2. The molecule has 8 heteroatoms. The third kappa shape index (κ3) is 4.03. The van der Waals surface area contributed by atoms with E-state index in [-0.39, 0.29) is 23.8 Å². The molecule has 1 unspecified atom stereocenters. The molecule has 0 radical (unpaired) electrons. The summed E-state index contributed by atoms with van der Waals surface area (Å²) < 4.78 is 0. The molecule has 8 nitrogen and oxygen atoms in total. The fourth-order valence-corrected chi connectivity index (χ4v) is 4.12. The quantitative estimate of drug-likeness (QED) is 0.820. The number of nitrogens with zero attached hydrogens (tertiary/aromatic N) is 4. The summed E-state index contributed by atoms with van der Waals surface area (Å²) in [6.07, 6.45) is 5.37. The summed E-state index contributed by atoms with van der Waals surface area (Å²) in [5, 5.41) is 10.6. The first-order valence-electron chi connectivity index (χ1n) is 10.2. The van der Waals surface area contributed by atoms with E-state index in [9.17, 15) is 9.59 Å². The number of pyridine rings is 1. The predicted molar refractivity (Wildman–Crippen MR) is 111 cm³/mol. The van der Waals surface area contributed by atoms with Crippen molar-refractivity contribution >= 4 is 28.4 Å². The summed E-state index contributed by atoms with van der Waals surface area (Å²) in [5.41, 5.74) is 3.00. The first-order chi connectivity index (χ1) is 13.9. The van der Waals surface area contributed by atoms with Crippen molar-refractivity contribution in [2.45, 2.75) is 32.7 Å². The summed E-state index contributed by atoms with van der Waals surface area (Å²) in [7, 11) is 2.06. The van der Waals surface area contributed by atoms with E-state index in [1.165, 1.54) is 0 Å². The van der Waals surface area contributed by atoms with Crippen LogP contribution < -0.4 is 5.32 Å². The Morgan fingerprint density at radius 3 is 2.79 bits per heavy atom. The van der Waals surface area contributed by atoms with Crippen molar-refractivity contribution in [3.05, 3.63) is 29.6 Å². The molecule has 0 spiro atoms. The van der Waals surface area contributed by atoms with E-state index in [0.29, 0.717) is 29.7 Å². The molecule has 154 valence electrons. The molecule has 2 N–H and O–H groups in total. The van der Waals surface area contributed by atoms with E-state index in [0.717, 1.165) is 37.2 Å². The lowest BCUT2D eigenvalue weighted by Gasteiger charge is -2.28. The fourth-order valence-electron chi connectivity index (χ4n) is 4.12. The smallest absolute Gasteiger partial charge is 0.252 e. The Morgan fingerprint density at radius 2 is 2.14 bits per heavy atom. The summed E-state index contributed by atoms with van der Waals surface area (Å²) in [5.74, 6) is 0.230. The largest absolute Gasteiger partial charge is 0.350 e. The Bertz CT molecular complexity index is 963. The molecule has 4 heterocycles. The van der Waals surface area contributed by atoms with Crippen LogP contribution >= 0.6 is 0 Å². The van der Waals surface area contributed by atoms with Gasteiger partial charge in [0, 0.05) is 25.7 Å². The maximum atomic E-state index is 12.8. The lowest BCUT2D eigenvalue weighted by Crippen LogP contribution is -2.39. The van der Waals surface area contributed by atoms with Gasteiger partial charge in [-0.15, -0.1) is 0 Å². The van der Waals surface area contributed by atoms with Crippen LogP contribution in [-0.2, 0) is 4.79 Å². The van der Waals surface area contributed by atoms with Crippen LogP contribution in [0.3, 0.4) is 0 Å². The molecule has 2 aromatic rings. The van der Waals surface area contributed by atoms with Gasteiger partial charge in [0.25, 0.3) is 5.91 Å². The summed E-state index contributed by atoms with van der Waals surface area (Å²) >= 11 is 0. The highest BCUT2D eigenvalue weighted by Crippen LogP contribution is 2.27. The molecule has 2 aromatic heterocycles. The van der Waals surface area contributed by atoms with Crippen molar-refractivity contribution in [3.63, 3.8) is 0 Å².